The van der Waals surface area contributed by atoms with E-state index >= 15 is 0 Å². The number of rotatable bonds is 5. The molecule has 21 heavy (non-hydrogen) atoms. The maximum absolute atomic E-state index is 6.15. The van der Waals surface area contributed by atoms with Crippen LogP contribution in [0.2, 0.25) is 10.0 Å². The molecular weight excluding hydrogens is 303 g/mol. The zero-order valence-electron chi connectivity index (χ0n) is 13.0. The van der Waals surface area contributed by atoms with Crippen LogP contribution in [0.5, 0.6) is 0 Å². The average Bonchev–Trinajstić information content (AvgIpc) is 2.51. The summed E-state index contributed by atoms with van der Waals surface area (Å²) < 4.78 is 0. The van der Waals surface area contributed by atoms with E-state index in [9.17, 15) is 0 Å². The molecule has 2 rings (SSSR count). The summed E-state index contributed by atoms with van der Waals surface area (Å²) in [4.78, 5) is 2.44. The Balaban J connectivity index is 2.08. The van der Waals surface area contributed by atoms with Gasteiger partial charge in [-0.25, -0.2) is 0 Å². The Kier molecular flexibility index (Phi) is 6.36. The van der Waals surface area contributed by atoms with Gasteiger partial charge in [0.25, 0.3) is 0 Å². The van der Waals surface area contributed by atoms with Crippen molar-refractivity contribution in [3.63, 3.8) is 0 Å². The minimum absolute atomic E-state index is 0.211. The molecule has 2 nitrogen and oxygen atoms in total. The summed E-state index contributed by atoms with van der Waals surface area (Å²) in [5.74, 6) is 0.913. The van der Waals surface area contributed by atoms with Crippen LogP contribution in [-0.2, 0) is 0 Å². The maximum Gasteiger partial charge on any atom is 0.0595 e. The Morgan fingerprint density at radius 1 is 1.19 bits per heavy atom. The minimum atomic E-state index is 0.211. The van der Waals surface area contributed by atoms with Crippen molar-refractivity contribution in [2.75, 3.05) is 13.6 Å². The summed E-state index contributed by atoms with van der Waals surface area (Å²) in [6.45, 7) is 2.90. The number of nitrogens with two attached hydrogens (primary N) is 1. The lowest BCUT2D eigenvalue weighted by Gasteiger charge is -2.39. The normalized spacial score (nSPS) is 24.3. The highest BCUT2D eigenvalue weighted by Crippen LogP contribution is 2.34. The molecule has 118 valence electrons. The van der Waals surface area contributed by atoms with Gasteiger partial charge >= 0.3 is 0 Å². The topological polar surface area (TPSA) is 29.3 Å². The molecule has 1 atom stereocenters. The third-order valence-corrected chi connectivity index (χ3v) is 5.75. The molecule has 1 aliphatic rings. The summed E-state index contributed by atoms with van der Waals surface area (Å²) >= 11 is 12.2. The Hall–Kier alpha value is -0.280. The number of hydrogen-bond donors (Lipinski definition) is 1. The number of likely N-dealkylation sites (N-methyl/N-ethyl adjacent to an activating group) is 1. The van der Waals surface area contributed by atoms with E-state index in [2.05, 4.69) is 18.9 Å². The van der Waals surface area contributed by atoms with Gasteiger partial charge < -0.3 is 5.73 Å². The molecule has 1 unspecified atom stereocenters. The van der Waals surface area contributed by atoms with E-state index in [1.165, 1.54) is 32.1 Å². The van der Waals surface area contributed by atoms with Gasteiger partial charge in [0.2, 0.25) is 0 Å². The SMILES string of the molecule is CCC1CCC(N(C)C(CN)c2ccc(Cl)c(Cl)c2)CC1. The number of benzene rings is 1. The van der Waals surface area contributed by atoms with Gasteiger partial charge in [-0.15, -0.1) is 0 Å². The van der Waals surface area contributed by atoms with Crippen molar-refractivity contribution >= 4 is 23.2 Å². The molecule has 0 aliphatic heterocycles. The molecule has 1 aromatic carbocycles. The van der Waals surface area contributed by atoms with E-state index in [0.29, 0.717) is 22.6 Å². The molecule has 2 N–H and O–H groups in total. The van der Waals surface area contributed by atoms with E-state index in [1.54, 1.807) is 0 Å². The molecule has 0 amide bonds. The lowest BCUT2D eigenvalue weighted by Crippen LogP contribution is -2.40. The molecule has 1 aromatic rings. The molecule has 0 bridgehead atoms. The first-order chi connectivity index (χ1) is 10.1. The van der Waals surface area contributed by atoms with E-state index in [4.69, 9.17) is 28.9 Å². The molecule has 0 spiro atoms. The third kappa shape index (κ3) is 4.13. The van der Waals surface area contributed by atoms with Crippen LogP contribution in [0.25, 0.3) is 0 Å². The van der Waals surface area contributed by atoms with Crippen LogP contribution in [0, 0.1) is 5.92 Å². The van der Waals surface area contributed by atoms with E-state index in [-0.39, 0.29) is 6.04 Å². The number of nitrogens with zero attached hydrogens (tertiary/aromatic N) is 1. The smallest absolute Gasteiger partial charge is 0.0595 e. The predicted molar refractivity (Wildman–Crippen MR) is 92.1 cm³/mol. The molecule has 1 fully saturated rings. The lowest BCUT2D eigenvalue weighted by atomic mass is 9.83. The van der Waals surface area contributed by atoms with Gasteiger partial charge in [0.15, 0.2) is 0 Å². The Morgan fingerprint density at radius 2 is 1.86 bits per heavy atom. The molecular formula is C17H26Cl2N2. The Labute approximate surface area is 138 Å². The third-order valence-electron chi connectivity index (χ3n) is 5.01. The Bertz CT molecular complexity index is 456. The fraction of sp³-hybridized carbons (Fsp3) is 0.647. The van der Waals surface area contributed by atoms with Gasteiger partial charge in [0, 0.05) is 18.6 Å². The van der Waals surface area contributed by atoms with E-state index < -0.39 is 0 Å². The summed E-state index contributed by atoms with van der Waals surface area (Å²) in [6.07, 6.45) is 6.53. The second kappa shape index (κ2) is 7.82. The second-order valence-corrected chi connectivity index (χ2v) is 6.99. The van der Waals surface area contributed by atoms with Crippen LogP contribution in [-0.4, -0.2) is 24.5 Å². The Morgan fingerprint density at radius 3 is 2.38 bits per heavy atom. The van der Waals surface area contributed by atoms with Crippen molar-refractivity contribution in [3.8, 4) is 0 Å². The number of halogens is 2. The summed E-state index contributed by atoms with van der Waals surface area (Å²) in [5, 5.41) is 1.21. The van der Waals surface area contributed by atoms with Crippen molar-refractivity contribution < 1.29 is 0 Å². The predicted octanol–water partition coefficient (Wildman–Crippen LogP) is 4.89. The van der Waals surface area contributed by atoms with Crippen molar-refractivity contribution in [2.45, 2.75) is 51.1 Å². The van der Waals surface area contributed by atoms with Crippen LogP contribution in [0.4, 0.5) is 0 Å². The highest BCUT2D eigenvalue weighted by molar-refractivity contribution is 6.42. The summed E-state index contributed by atoms with van der Waals surface area (Å²) in [7, 11) is 2.19. The zero-order valence-corrected chi connectivity index (χ0v) is 14.5. The van der Waals surface area contributed by atoms with Gasteiger partial charge in [-0.1, -0.05) is 42.6 Å². The van der Waals surface area contributed by atoms with Crippen LogP contribution in [0.1, 0.15) is 50.6 Å². The van der Waals surface area contributed by atoms with Crippen molar-refractivity contribution in [1.82, 2.24) is 4.90 Å². The molecule has 0 heterocycles. The van der Waals surface area contributed by atoms with Gasteiger partial charge in [-0.2, -0.15) is 0 Å². The molecule has 1 saturated carbocycles. The summed E-state index contributed by atoms with van der Waals surface area (Å²) in [6, 6.07) is 6.69. The first kappa shape index (κ1) is 17.1. The van der Waals surface area contributed by atoms with Gasteiger partial charge in [-0.3, -0.25) is 4.90 Å². The zero-order chi connectivity index (χ0) is 15.4. The molecule has 4 heteroatoms. The monoisotopic (exact) mass is 328 g/mol. The van der Waals surface area contributed by atoms with Gasteiger partial charge in [0.05, 0.1) is 10.0 Å². The fourth-order valence-electron chi connectivity index (χ4n) is 3.47. The largest absolute Gasteiger partial charge is 0.329 e. The molecule has 1 aliphatic carbocycles. The fourth-order valence-corrected chi connectivity index (χ4v) is 3.78. The van der Waals surface area contributed by atoms with Crippen LogP contribution in [0.15, 0.2) is 18.2 Å². The highest BCUT2D eigenvalue weighted by atomic mass is 35.5. The molecule has 0 radical (unpaired) electrons. The van der Waals surface area contributed by atoms with Gasteiger partial charge in [-0.05, 0) is 56.3 Å². The van der Waals surface area contributed by atoms with E-state index in [0.717, 1.165) is 11.5 Å². The highest BCUT2D eigenvalue weighted by Gasteiger charge is 2.27. The summed E-state index contributed by atoms with van der Waals surface area (Å²) in [5.41, 5.74) is 7.20. The first-order valence-corrected chi connectivity index (χ1v) is 8.69. The standard InChI is InChI=1S/C17H26Cl2N2/c1-3-12-4-7-14(8-5-12)21(2)17(11-20)13-6-9-15(18)16(19)10-13/h6,9-10,12,14,17H,3-5,7-8,11,20H2,1-2H3. The lowest BCUT2D eigenvalue weighted by molar-refractivity contribution is 0.122. The molecule has 0 aromatic heterocycles. The van der Waals surface area contributed by atoms with Crippen molar-refractivity contribution in [1.29, 1.82) is 0 Å². The van der Waals surface area contributed by atoms with Gasteiger partial charge in [0.1, 0.15) is 0 Å². The quantitative estimate of drug-likeness (QED) is 0.833. The van der Waals surface area contributed by atoms with E-state index in [1.807, 2.05) is 18.2 Å². The first-order valence-electron chi connectivity index (χ1n) is 7.93. The van der Waals surface area contributed by atoms with Crippen molar-refractivity contribution in [2.24, 2.45) is 11.7 Å². The van der Waals surface area contributed by atoms with Crippen molar-refractivity contribution in [3.05, 3.63) is 33.8 Å². The maximum atomic E-state index is 6.15. The minimum Gasteiger partial charge on any atom is -0.329 e. The van der Waals surface area contributed by atoms with Crippen LogP contribution >= 0.6 is 23.2 Å². The van der Waals surface area contributed by atoms with Crippen LogP contribution in [0.3, 0.4) is 0 Å². The average molecular weight is 329 g/mol. The second-order valence-electron chi connectivity index (χ2n) is 6.17. The number of hydrogen-bond acceptors (Lipinski definition) is 2. The molecule has 0 saturated heterocycles. The van der Waals surface area contributed by atoms with Crippen LogP contribution < -0.4 is 5.73 Å².